The van der Waals surface area contributed by atoms with Crippen molar-refractivity contribution in [2.45, 2.75) is 19.8 Å². The van der Waals surface area contributed by atoms with Crippen molar-refractivity contribution in [2.24, 2.45) is 0 Å². The molecule has 2 amide bonds. The predicted octanol–water partition coefficient (Wildman–Crippen LogP) is 3.76. The second-order valence-electron chi connectivity index (χ2n) is 6.08. The summed E-state index contributed by atoms with van der Waals surface area (Å²) >= 11 is 0. The summed E-state index contributed by atoms with van der Waals surface area (Å²) in [5.74, 6) is -2.58. The van der Waals surface area contributed by atoms with E-state index >= 15 is 0 Å². The standard InChI is InChI=1S/C19H18F2N2O2/c1-12-5-4-6-15(19(25)23-9-2-3-10-23)17(12)22-18(24)14-8-7-13(20)11-16(14)21/h4-8,11H,2-3,9-10H2,1H3,(H,22,24). The van der Waals surface area contributed by atoms with Crippen LogP contribution in [-0.4, -0.2) is 29.8 Å². The predicted molar refractivity (Wildman–Crippen MR) is 90.6 cm³/mol. The van der Waals surface area contributed by atoms with Gasteiger partial charge in [0.15, 0.2) is 0 Å². The Kier molecular flexibility index (Phi) is 4.79. The van der Waals surface area contributed by atoms with Gasteiger partial charge in [-0.1, -0.05) is 12.1 Å². The van der Waals surface area contributed by atoms with E-state index in [4.69, 9.17) is 0 Å². The van der Waals surface area contributed by atoms with Crippen LogP contribution < -0.4 is 5.32 Å². The van der Waals surface area contributed by atoms with Gasteiger partial charge >= 0.3 is 0 Å². The molecule has 130 valence electrons. The summed E-state index contributed by atoms with van der Waals surface area (Å²) in [4.78, 5) is 26.8. The highest BCUT2D eigenvalue weighted by Crippen LogP contribution is 2.25. The van der Waals surface area contributed by atoms with Crippen LogP contribution in [0.25, 0.3) is 0 Å². The van der Waals surface area contributed by atoms with Gasteiger partial charge in [-0.2, -0.15) is 0 Å². The molecule has 3 rings (SSSR count). The summed E-state index contributed by atoms with van der Waals surface area (Å²) in [6.07, 6.45) is 1.92. The molecule has 0 unspecified atom stereocenters. The van der Waals surface area contributed by atoms with E-state index in [2.05, 4.69) is 5.32 Å². The Morgan fingerprint density at radius 3 is 2.44 bits per heavy atom. The van der Waals surface area contributed by atoms with E-state index in [0.29, 0.717) is 36.0 Å². The smallest absolute Gasteiger partial charge is 0.258 e. The molecule has 4 nitrogen and oxygen atoms in total. The number of hydrogen-bond acceptors (Lipinski definition) is 2. The minimum atomic E-state index is -0.946. The van der Waals surface area contributed by atoms with Crippen LogP contribution in [0.1, 0.15) is 39.1 Å². The number of carbonyl (C=O) groups is 2. The molecule has 1 heterocycles. The number of nitrogens with zero attached hydrogens (tertiary/aromatic N) is 1. The lowest BCUT2D eigenvalue weighted by Crippen LogP contribution is -2.29. The third-order valence-corrected chi connectivity index (χ3v) is 4.31. The van der Waals surface area contributed by atoms with Gasteiger partial charge in [0, 0.05) is 19.2 Å². The summed E-state index contributed by atoms with van der Waals surface area (Å²) in [6.45, 7) is 3.14. The van der Waals surface area contributed by atoms with Gasteiger partial charge in [-0.25, -0.2) is 8.78 Å². The van der Waals surface area contributed by atoms with Crippen molar-refractivity contribution in [1.29, 1.82) is 0 Å². The van der Waals surface area contributed by atoms with E-state index in [9.17, 15) is 18.4 Å². The van der Waals surface area contributed by atoms with E-state index < -0.39 is 17.5 Å². The van der Waals surface area contributed by atoms with Crippen molar-refractivity contribution in [3.05, 3.63) is 64.7 Å². The summed E-state index contributed by atoms with van der Waals surface area (Å²) in [5, 5.41) is 2.61. The maximum absolute atomic E-state index is 13.8. The van der Waals surface area contributed by atoms with E-state index in [1.807, 2.05) is 0 Å². The first kappa shape index (κ1) is 17.1. The third-order valence-electron chi connectivity index (χ3n) is 4.31. The molecular weight excluding hydrogens is 326 g/mol. The van der Waals surface area contributed by atoms with E-state index in [1.54, 1.807) is 30.0 Å². The van der Waals surface area contributed by atoms with Crippen LogP contribution in [-0.2, 0) is 0 Å². The first-order chi connectivity index (χ1) is 12.0. The zero-order valence-electron chi connectivity index (χ0n) is 13.8. The van der Waals surface area contributed by atoms with Crippen LogP contribution in [0, 0.1) is 18.6 Å². The topological polar surface area (TPSA) is 49.4 Å². The molecule has 0 saturated carbocycles. The number of benzene rings is 2. The Hall–Kier alpha value is -2.76. The second kappa shape index (κ2) is 7.01. The SMILES string of the molecule is Cc1cccc(C(=O)N2CCCC2)c1NC(=O)c1ccc(F)cc1F. The Labute approximate surface area is 144 Å². The van der Waals surface area contributed by atoms with Crippen LogP contribution >= 0.6 is 0 Å². The number of hydrogen-bond donors (Lipinski definition) is 1. The molecule has 1 aliphatic heterocycles. The second-order valence-corrected chi connectivity index (χ2v) is 6.08. The Morgan fingerprint density at radius 1 is 1.04 bits per heavy atom. The monoisotopic (exact) mass is 344 g/mol. The highest BCUT2D eigenvalue weighted by atomic mass is 19.1. The molecule has 2 aromatic rings. The molecule has 1 saturated heterocycles. The fourth-order valence-corrected chi connectivity index (χ4v) is 2.96. The molecule has 2 aromatic carbocycles. The molecule has 6 heteroatoms. The lowest BCUT2D eigenvalue weighted by Gasteiger charge is -2.19. The van der Waals surface area contributed by atoms with Crippen molar-refractivity contribution in [1.82, 2.24) is 4.90 Å². The molecule has 1 N–H and O–H groups in total. The number of aryl methyl sites for hydroxylation is 1. The Bertz CT molecular complexity index is 830. The van der Waals surface area contributed by atoms with E-state index in [0.717, 1.165) is 25.0 Å². The number of rotatable bonds is 3. The molecule has 0 radical (unpaired) electrons. The number of anilines is 1. The van der Waals surface area contributed by atoms with Crippen molar-refractivity contribution >= 4 is 17.5 Å². The van der Waals surface area contributed by atoms with Gasteiger partial charge in [-0.3, -0.25) is 9.59 Å². The summed E-state index contributed by atoms with van der Waals surface area (Å²) in [6, 6.07) is 7.91. The van der Waals surface area contributed by atoms with E-state index in [1.165, 1.54) is 0 Å². The highest BCUT2D eigenvalue weighted by Gasteiger charge is 2.24. The molecule has 0 aliphatic carbocycles. The molecule has 1 aliphatic rings. The van der Waals surface area contributed by atoms with Gasteiger partial charge in [0.1, 0.15) is 11.6 Å². The Balaban J connectivity index is 1.91. The number of likely N-dealkylation sites (tertiary alicyclic amines) is 1. The summed E-state index contributed by atoms with van der Waals surface area (Å²) < 4.78 is 26.9. The lowest BCUT2D eigenvalue weighted by molar-refractivity contribution is 0.0794. The van der Waals surface area contributed by atoms with Gasteiger partial charge in [-0.05, 0) is 43.5 Å². The van der Waals surface area contributed by atoms with Gasteiger partial charge in [0.25, 0.3) is 11.8 Å². The fraction of sp³-hybridized carbons (Fsp3) is 0.263. The quantitative estimate of drug-likeness (QED) is 0.922. The highest BCUT2D eigenvalue weighted by molar-refractivity contribution is 6.09. The molecule has 0 aromatic heterocycles. The molecular formula is C19H18F2N2O2. The molecule has 1 fully saturated rings. The van der Waals surface area contributed by atoms with Crippen LogP contribution in [0.2, 0.25) is 0 Å². The average molecular weight is 344 g/mol. The Morgan fingerprint density at radius 2 is 1.76 bits per heavy atom. The first-order valence-corrected chi connectivity index (χ1v) is 8.12. The summed E-state index contributed by atoms with van der Waals surface area (Å²) in [7, 11) is 0. The first-order valence-electron chi connectivity index (χ1n) is 8.12. The molecule has 0 atom stereocenters. The van der Waals surface area contributed by atoms with Crippen LogP contribution in [0.3, 0.4) is 0 Å². The lowest BCUT2D eigenvalue weighted by atomic mass is 10.1. The largest absolute Gasteiger partial charge is 0.339 e. The molecule has 0 bridgehead atoms. The number of halogens is 2. The van der Waals surface area contributed by atoms with Gasteiger partial charge in [0.2, 0.25) is 0 Å². The van der Waals surface area contributed by atoms with E-state index in [-0.39, 0.29) is 11.5 Å². The van der Waals surface area contributed by atoms with Gasteiger partial charge < -0.3 is 10.2 Å². The molecule has 25 heavy (non-hydrogen) atoms. The number of carbonyl (C=O) groups excluding carboxylic acids is 2. The van der Waals surface area contributed by atoms with Crippen molar-refractivity contribution in [3.8, 4) is 0 Å². The zero-order chi connectivity index (χ0) is 18.0. The minimum Gasteiger partial charge on any atom is -0.339 e. The normalized spacial score (nSPS) is 13.8. The third kappa shape index (κ3) is 3.52. The van der Waals surface area contributed by atoms with Gasteiger partial charge in [-0.15, -0.1) is 0 Å². The van der Waals surface area contributed by atoms with Crippen molar-refractivity contribution < 1.29 is 18.4 Å². The summed E-state index contributed by atoms with van der Waals surface area (Å²) in [5.41, 5.74) is 1.15. The van der Waals surface area contributed by atoms with Crippen LogP contribution in [0.15, 0.2) is 36.4 Å². The maximum atomic E-state index is 13.8. The average Bonchev–Trinajstić information content (AvgIpc) is 3.10. The maximum Gasteiger partial charge on any atom is 0.258 e. The number of para-hydroxylation sites is 1. The van der Waals surface area contributed by atoms with Gasteiger partial charge in [0.05, 0.1) is 16.8 Å². The van der Waals surface area contributed by atoms with Crippen molar-refractivity contribution in [2.75, 3.05) is 18.4 Å². The van der Waals surface area contributed by atoms with Crippen molar-refractivity contribution in [3.63, 3.8) is 0 Å². The molecule has 0 spiro atoms. The number of nitrogens with one attached hydrogen (secondary N) is 1. The number of amides is 2. The zero-order valence-corrected chi connectivity index (χ0v) is 13.8. The fourth-order valence-electron chi connectivity index (χ4n) is 2.96. The van der Waals surface area contributed by atoms with Crippen LogP contribution in [0.5, 0.6) is 0 Å². The minimum absolute atomic E-state index is 0.156. The van der Waals surface area contributed by atoms with Crippen LogP contribution in [0.4, 0.5) is 14.5 Å².